The number of carbonyl (C=O) groups excluding carboxylic acids is 1. The third kappa shape index (κ3) is 5.63. The monoisotopic (exact) mass is 548 g/mol. The third-order valence-corrected chi connectivity index (χ3v) is 7.19. The van der Waals surface area contributed by atoms with E-state index in [1.54, 1.807) is 36.4 Å². The number of nitrogens with one attached hydrogen (secondary N) is 1. The summed E-state index contributed by atoms with van der Waals surface area (Å²) in [6.07, 6.45) is 0. The molecule has 3 rings (SSSR count). The van der Waals surface area contributed by atoms with Crippen LogP contribution in [0.25, 0.3) is 0 Å². The van der Waals surface area contributed by atoms with Gasteiger partial charge < -0.3 is 19.5 Å². The van der Waals surface area contributed by atoms with Crippen LogP contribution in [0.15, 0.2) is 70.0 Å². The Labute approximate surface area is 207 Å². The number of halogens is 1. The van der Waals surface area contributed by atoms with Crippen molar-refractivity contribution in [3.05, 3.63) is 70.7 Å². The van der Waals surface area contributed by atoms with Gasteiger partial charge in [-0.25, -0.2) is 8.42 Å². The Kier molecular flexibility index (Phi) is 8.06. The summed E-state index contributed by atoms with van der Waals surface area (Å²) < 4.78 is 45.3. The van der Waals surface area contributed by atoms with E-state index in [0.717, 1.165) is 14.3 Å². The summed E-state index contributed by atoms with van der Waals surface area (Å²) in [4.78, 5) is 12.9. The molecule has 0 aliphatic rings. The molecule has 0 saturated heterocycles. The van der Waals surface area contributed by atoms with Crippen molar-refractivity contribution in [3.8, 4) is 17.2 Å². The van der Waals surface area contributed by atoms with Crippen LogP contribution in [0.1, 0.15) is 5.56 Å². The lowest BCUT2D eigenvalue weighted by Gasteiger charge is -2.26. The van der Waals surface area contributed by atoms with E-state index >= 15 is 0 Å². The Morgan fingerprint density at radius 2 is 1.59 bits per heavy atom. The average molecular weight is 549 g/mol. The molecule has 0 unspecified atom stereocenters. The molecule has 0 atom stereocenters. The third-order valence-electron chi connectivity index (χ3n) is 4.94. The molecule has 0 aliphatic carbocycles. The Bertz CT molecular complexity index is 1300. The van der Waals surface area contributed by atoms with Gasteiger partial charge >= 0.3 is 0 Å². The van der Waals surface area contributed by atoms with Crippen LogP contribution in [-0.4, -0.2) is 42.2 Å². The highest BCUT2D eigenvalue weighted by Gasteiger charge is 2.30. The van der Waals surface area contributed by atoms with Crippen molar-refractivity contribution in [2.45, 2.75) is 11.8 Å². The lowest BCUT2D eigenvalue weighted by molar-refractivity contribution is -0.114. The smallest absolute Gasteiger partial charge is 0.265 e. The summed E-state index contributed by atoms with van der Waals surface area (Å²) in [6.45, 7) is 1.34. The van der Waals surface area contributed by atoms with E-state index in [4.69, 9.17) is 14.2 Å². The standard InChI is InChI=1S/C24H25BrN2O6S/c1-16-8-10-21(31-2)20(12-16)27(15-24(28)26-18-7-5-6-17(25)13-18)34(29,30)19-9-11-22(32-3)23(14-19)33-4/h5-14H,15H2,1-4H3,(H,26,28). The van der Waals surface area contributed by atoms with Crippen molar-refractivity contribution >= 4 is 43.2 Å². The molecule has 0 aliphatic heterocycles. The molecule has 0 heterocycles. The molecule has 0 radical (unpaired) electrons. The first-order chi connectivity index (χ1) is 16.2. The van der Waals surface area contributed by atoms with Gasteiger partial charge in [0.05, 0.1) is 31.9 Å². The molecule has 3 aromatic carbocycles. The Morgan fingerprint density at radius 1 is 0.912 bits per heavy atom. The van der Waals surface area contributed by atoms with Gasteiger partial charge in [0.25, 0.3) is 10.0 Å². The molecule has 34 heavy (non-hydrogen) atoms. The number of carbonyl (C=O) groups is 1. The second-order valence-electron chi connectivity index (χ2n) is 7.26. The van der Waals surface area contributed by atoms with Gasteiger partial charge in [-0.15, -0.1) is 0 Å². The Hall–Kier alpha value is -3.24. The van der Waals surface area contributed by atoms with Crippen LogP contribution in [0.3, 0.4) is 0 Å². The lowest BCUT2D eigenvalue weighted by Crippen LogP contribution is -2.38. The summed E-state index contributed by atoms with van der Waals surface area (Å²) in [6, 6.07) is 16.4. The normalized spacial score (nSPS) is 11.0. The zero-order valence-electron chi connectivity index (χ0n) is 19.2. The summed E-state index contributed by atoms with van der Waals surface area (Å²) in [5.41, 5.74) is 1.57. The van der Waals surface area contributed by atoms with E-state index < -0.39 is 22.5 Å². The van der Waals surface area contributed by atoms with E-state index in [9.17, 15) is 13.2 Å². The summed E-state index contributed by atoms with van der Waals surface area (Å²) in [5, 5.41) is 2.74. The van der Waals surface area contributed by atoms with Crippen LogP contribution < -0.4 is 23.8 Å². The molecule has 0 aromatic heterocycles. The maximum atomic E-state index is 13.8. The average Bonchev–Trinajstić information content (AvgIpc) is 2.81. The highest BCUT2D eigenvalue weighted by Crippen LogP contribution is 2.36. The van der Waals surface area contributed by atoms with Gasteiger partial charge in [-0.2, -0.15) is 0 Å². The number of aryl methyl sites for hydroxylation is 1. The Morgan fingerprint density at radius 3 is 2.24 bits per heavy atom. The van der Waals surface area contributed by atoms with Gasteiger partial charge in [0.15, 0.2) is 11.5 Å². The molecule has 8 nitrogen and oxygen atoms in total. The van der Waals surface area contributed by atoms with Gasteiger partial charge in [0.1, 0.15) is 12.3 Å². The van der Waals surface area contributed by atoms with Gasteiger partial charge in [-0.1, -0.05) is 28.1 Å². The number of methoxy groups -OCH3 is 3. The summed E-state index contributed by atoms with van der Waals surface area (Å²) in [7, 11) is 0.111. The van der Waals surface area contributed by atoms with Crippen LogP contribution in [-0.2, 0) is 14.8 Å². The molecule has 0 saturated carbocycles. The lowest BCUT2D eigenvalue weighted by atomic mass is 10.2. The molecule has 1 amide bonds. The number of rotatable bonds is 9. The van der Waals surface area contributed by atoms with Crippen molar-refractivity contribution in [1.29, 1.82) is 0 Å². The van der Waals surface area contributed by atoms with E-state index in [0.29, 0.717) is 17.2 Å². The minimum absolute atomic E-state index is 0.0658. The maximum Gasteiger partial charge on any atom is 0.265 e. The quantitative estimate of drug-likeness (QED) is 0.419. The number of nitrogens with zero attached hydrogens (tertiary/aromatic N) is 1. The van der Waals surface area contributed by atoms with E-state index in [2.05, 4.69) is 21.2 Å². The molecule has 10 heteroatoms. The minimum Gasteiger partial charge on any atom is -0.495 e. The predicted octanol–water partition coefficient (Wildman–Crippen LogP) is 4.62. The van der Waals surface area contributed by atoms with Crippen molar-refractivity contribution in [1.82, 2.24) is 0 Å². The highest BCUT2D eigenvalue weighted by molar-refractivity contribution is 9.10. The first-order valence-electron chi connectivity index (χ1n) is 10.1. The van der Waals surface area contributed by atoms with Crippen LogP contribution in [0.5, 0.6) is 17.2 Å². The van der Waals surface area contributed by atoms with Crippen molar-refractivity contribution < 1.29 is 27.4 Å². The fourth-order valence-corrected chi connectivity index (χ4v) is 5.13. The van der Waals surface area contributed by atoms with Crippen LogP contribution in [0, 0.1) is 6.92 Å². The van der Waals surface area contributed by atoms with Crippen molar-refractivity contribution in [2.75, 3.05) is 37.5 Å². The number of hydrogen-bond acceptors (Lipinski definition) is 6. The highest BCUT2D eigenvalue weighted by atomic mass is 79.9. The fourth-order valence-electron chi connectivity index (χ4n) is 3.30. The number of benzene rings is 3. The first-order valence-corrected chi connectivity index (χ1v) is 12.4. The molecule has 0 spiro atoms. The summed E-state index contributed by atoms with van der Waals surface area (Å²) >= 11 is 3.36. The van der Waals surface area contributed by atoms with Gasteiger partial charge in [-0.05, 0) is 55.0 Å². The van der Waals surface area contributed by atoms with Crippen LogP contribution in [0.2, 0.25) is 0 Å². The molecule has 0 fully saturated rings. The number of sulfonamides is 1. The second-order valence-corrected chi connectivity index (χ2v) is 10.0. The topological polar surface area (TPSA) is 94.2 Å². The van der Waals surface area contributed by atoms with Gasteiger partial charge in [0.2, 0.25) is 5.91 Å². The largest absolute Gasteiger partial charge is 0.495 e. The number of ether oxygens (including phenoxy) is 3. The maximum absolute atomic E-state index is 13.8. The fraction of sp³-hybridized carbons (Fsp3) is 0.208. The minimum atomic E-state index is -4.21. The molecule has 0 bridgehead atoms. The van der Waals surface area contributed by atoms with Gasteiger partial charge in [-0.3, -0.25) is 9.10 Å². The molecule has 1 N–H and O–H groups in total. The van der Waals surface area contributed by atoms with Crippen LogP contribution >= 0.6 is 15.9 Å². The first kappa shape index (κ1) is 25.4. The molecule has 3 aromatic rings. The van der Waals surface area contributed by atoms with E-state index in [1.165, 1.54) is 39.5 Å². The van der Waals surface area contributed by atoms with E-state index in [-0.39, 0.29) is 16.3 Å². The molecular formula is C24H25BrN2O6S. The summed E-state index contributed by atoms with van der Waals surface area (Å²) in [5.74, 6) is 0.419. The zero-order chi connectivity index (χ0) is 24.9. The van der Waals surface area contributed by atoms with Crippen molar-refractivity contribution in [3.63, 3.8) is 0 Å². The van der Waals surface area contributed by atoms with Gasteiger partial charge in [0, 0.05) is 16.2 Å². The molecule has 180 valence electrons. The number of hydrogen-bond donors (Lipinski definition) is 1. The molecular weight excluding hydrogens is 524 g/mol. The number of anilines is 2. The van der Waals surface area contributed by atoms with E-state index in [1.807, 2.05) is 13.0 Å². The predicted molar refractivity (Wildman–Crippen MR) is 135 cm³/mol. The number of amides is 1. The second kappa shape index (κ2) is 10.8. The zero-order valence-corrected chi connectivity index (χ0v) is 21.6. The Balaban J connectivity index is 2.08. The van der Waals surface area contributed by atoms with Crippen molar-refractivity contribution in [2.24, 2.45) is 0 Å². The van der Waals surface area contributed by atoms with Crippen LogP contribution in [0.4, 0.5) is 11.4 Å². The SMILES string of the molecule is COc1ccc(S(=O)(=O)N(CC(=O)Nc2cccc(Br)c2)c2cc(C)ccc2OC)cc1OC.